The maximum absolute atomic E-state index is 6.86. The van der Waals surface area contributed by atoms with Crippen molar-refractivity contribution in [3.63, 3.8) is 0 Å². The Hall–Kier alpha value is -1.25. The molecule has 0 aliphatic carbocycles. The first-order valence-electron chi connectivity index (χ1n) is 2.92. The molecule has 0 fully saturated rings. The van der Waals surface area contributed by atoms with Crippen LogP contribution in [0.1, 0.15) is 6.92 Å². The van der Waals surface area contributed by atoms with Crippen molar-refractivity contribution in [2.45, 2.75) is 6.92 Å². The van der Waals surface area contributed by atoms with E-state index in [1.165, 1.54) is 0 Å². The zero-order valence-electron chi connectivity index (χ0n) is 6.27. The summed E-state index contributed by atoms with van der Waals surface area (Å²) in [6, 6.07) is 0. The number of allylic oxidation sites excluding steroid dienone is 2. The van der Waals surface area contributed by atoms with Gasteiger partial charge in [-0.15, -0.1) is 0 Å². The average molecular weight is 140 g/mol. The molecule has 0 aromatic heterocycles. The fourth-order valence-corrected chi connectivity index (χ4v) is 0.444. The van der Waals surface area contributed by atoms with Gasteiger partial charge in [0.15, 0.2) is 5.76 Å². The molecule has 0 aliphatic heterocycles. The third kappa shape index (κ3) is 3.72. The Bertz CT molecular complexity index is 161. The summed E-state index contributed by atoms with van der Waals surface area (Å²) in [4.78, 5) is 0. The zero-order valence-corrected chi connectivity index (χ0v) is 6.27. The van der Waals surface area contributed by atoms with Crippen LogP contribution in [0.3, 0.4) is 0 Å². The van der Waals surface area contributed by atoms with Gasteiger partial charge >= 0.3 is 0 Å². The standard InChI is InChI=1S/C7H12N2O/c1-6(2)10-7(4-8)5-9-3/h4-5,8-9H,1H2,2-3H3/b7-5+,8-4?. The second-order valence-corrected chi connectivity index (χ2v) is 1.78. The van der Waals surface area contributed by atoms with E-state index >= 15 is 0 Å². The highest BCUT2D eigenvalue weighted by Gasteiger charge is 1.90. The molecule has 0 unspecified atom stereocenters. The molecular weight excluding hydrogens is 128 g/mol. The molecule has 2 N–H and O–H groups in total. The van der Waals surface area contributed by atoms with Crippen LogP contribution in [0.4, 0.5) is 0 Å². The van der Waals surface area contributed by atoms with Crippen LogP contribution in [0, 0.1) is 5.41 Å². The van der Waals surface area contributed by atoms with Gasteiger partial charge < -0.3 is 15.5 Å². The van der Waals surface area contributed by atoms with Gasteiger partial charge in [-0.1, -0.05) is 6.58 Å². The summed E-state index contributed by atoms with van der Waals surface area (Å²) < 4.78 is 5.00. The Balaban J connectivity index is 3.95. The predicted molar refractivity (Wildman–Crippen MR) is 41.8 cm³/mol. The number of rotatable bonds is 4. The van der Waals surface area contributed by atoms with Crippen molar-refractivity contribution in [3.05, 3.63) is 24.3 Å². The van der Waals surface area contributed by atoms with E-state index in [0.29, 0.717) is 11.5 Å². The molecule has 0 spiro atoms. The fraction of sp³-hybridized carbons (Fsp3) is 0.286. The zero-order chi connectivity index (χ0) is 7.98. The summed E-state index contributed by atoms with van der Waals surface area (Å²) in [7, 11) is 1.74. The molecular formula is C7H12N2O. The maximum Gasteiger partial charge on any atom is 0.159 e. The highest BCUT2D eigenvalue weighted by atomic mass is 16.5. The first-order valence-corrected chi connectivity index (χ1v) is 2.92. The second kappa shape index (κ2) is 4.61. The lowest BCUT2D eigenvalue weighted by Gasteiger charge is -2.02. The highest BCUT2D eigenvalue weighted by molar-refractivity contribution is 5.72. The number of ether oxygens (including phenoxy) is 1. The molecule has 10 heavy (non-hydrogen) atoms. The van der Waals surface area contributed by atoms with Gasteiger partial charge in [-0.25, -0.2) is 0 Å². The lowest BCUT2D eigenvalue weighted by atomic mass is 10.5. The summed E-state index contributed by atoms with van der Waals surface area (Å²) in [5, 5.41) is 9.60. The molecule has 0 heterocycles. The van der Waals surface area contributed by atoms with Gasteiger partial charge in [0.1, 0.15) is 0 Å². The van der Waals surface area contributed by atoms with Crippen molar-refractivity contribution in [1.82, 2.24) is 5.32 Å². The third-order valence-corrected chi connectivity index (χ3v) is 0.721. The Kier molecular flexibility index (Phi) is 4.04. The van der Waals surface area contributed by atoms with Gasteiger partial charge in [0.05, 0.1) is 12.0 Å². The van der Waals surface area contributed by atoms with E-state index in [1.54, 1.807) is 20.2 Å². The molecule has 0 aromatic rings. The molecule has 0 aliphatic rings. The van der Waals surface area contributed by atoms with E-state index in [9.17, 15) is 0 Å². The molecule has 0 atom stereocenters. The van der Waals surface area contributed by atoms with Crippen molar-refractivity contribution in [2.24, 2.45) is 0 Å². The minimum Gasteiger partial charge on any atom is -0.460 e. The third-order valence-electron chi connectivity index (χ3n) is 0.721. The lowest BCUT2D eigenvalue weighted by molar-refractivity contribution is 0.332. The van der Waals surface area contributed by atoms with Crippen molar-refractivity contribution in [2.75, 3.05) is 7.05 Å². The Morgan fingerprint density at radius 1 is 1.70 bits per heavy atom. The van der Waals surface area contributed by atoms with Crippen LogP contribution < -0.4 is 5.32 Å². The van der Waals surface area contributed by atoms with E-state index in [2.05, 4.69) is 11.9 Å². The monoisotopic (exact) mass is 140 g/mol. The van der Waals surface area contributed by atoms with Crippen molar-refractivity contribution in [1.29, 1.82) is 5.41 Å². The molecule has 0 aromatic carbocycles. The number of hydrogen-bond donors (Lipinski definition) is 2. The summed E-state index contributed by atoms with van der Waals surface area (Å²) >= 11 is 0. The van der Waals surface area contributed by atoms with E-state index < -0.39 is 0 Å². The minimum absolute atomic E-state index is 0.454. The summed E-state index contributed by atoms with van der Waals surface area (Å²) in [5.74, 6) is 1.03. The summed E-state index contributed by atoms with van der Waals surface area (Å²) in [6.07, 6.45) is 2.70. The lowest BCUT2D eigenvalue weighted by Crippen LogP contribution is -1.99. The molecule has 3 heteroatoms. The summed E-state index contributed by atoms with van der Waals surface area (Å²) in [5.41, 5.74) is 0. The van der Waals surface area contributed by atoms with E-state index in [0.717, 1.165) is 6.21 Å². The van der Waals surface area contributed by atoms with Crippen LogP contribution in [-0.4, -0.2) is 13.3 Å². The van der Waals surface area contributed by atoms with Crippen LogP contribution in [0.5, 0.6) is 0 Å². The van der Waals surface area contributed by atoms with Crippen molar-refractivity contribution >= 4 is 6.21 Å². The van der Waals surface area contributed by atoms with Crippen LogP contribution in [0.15, 0.2) is 24.3 Å². The topological polar surface area (TPSA) is 45.1 Å². The molecule has 0 bridgehead atoms. The van der Waals surface area contributed by atoms with E-state index in [1.807, 2.05) is 0 Å². The molecule has 0 rings (SSSR count). The maximum atomic E-state index is 6.86. The Labute approximate surface area is 60.9 Å². The molecule has 0 radical (unpaired) electrons. The van der Waals surface area contributed by atoms with Crippen LogP contribution >= 0.6 is 0 Å². The molecule has 0 saturated carbocycles. The summed E-state index contributed by atoms with van der Waals surface area (Å²) in [6.45, 7) is 5.26. The highest BCUT2D eigenvalue weighted by Crippen LogP contribution is 1.98. The SMILES string of the molecule is C=C(C)O/C(C=N)=C/NC. The first-order chi connectivity index (χ1) is 4.70. The molecule has 0 amide bonds. The predicted octanol–water partition coefficient (Wildman–Crippen LogP) is 1.25. The minimum atomic E-state index is 0.454. The number of hydrogen-bond acceptors (Lipinski definition) is 3. The largest absolute Gasteiger partial charge is 0.460 e. The first kappa shape index (κ1) is 8.75. The van der Waals surface area contributed by atoms with Crippen LogP contribution in [0.2, 0.25) is 0 Å². The number of nitrogens with one attached hydrogen (secondary N) is 2. The Morgan fingerprint density at radius 3 is 2.60 bits per heavy atom. The van der Waals surface area contributed by atoms with Gasteiger partial charge in [-0.3, -0.25) is 0 Å². The van der Waals surface area contributed by atoms with Gasteiger partial charge in [0.25, 0.3) is 0 Å². The molecule has 0 saturated heterocycles. The van der Waals surface area contributed by atoms with Gasteiger partial charge in [0.2, 0.25) is 0 Å². The quantitative estimate of drug-likeness (QED) is 0.456. The fourth-order valence-electron chi connectivity index (χ4n) is 0.444. The second-order valence-electron chi connectivity index (χ2n) is 1.78. The van der Waals surface area contributed by atoms with Gasteiger partial charge in [-0.05, 0) is 6.92 Å². The Morgan fingerprint density at radius 2 is 2.30 bits per heavy atom. The molecule has 56 valence electrons. The van der Waals surface area contributed by atoms with Crippen molar-refractivity contribution in [3.8, 4) is 0 Å². The molecule has 3 nitrogen and oxygen atoms in total. The smallest absolute Gasteiger partial charge is 0.159 e. The van der Waals surface area contributed by atoms with Crippen molar-refractivity contribution < 1.29 is 4.74 Å². The van der Waals surface area contributed by atoms with E-state index in [4.69, 9.17) is 10.1 Å². The van der Waals surface area contributed by atoms with E-state index in [-0.39, 0.29) is 0 Å². The van der Waals surface area contributed by atoms with Crippen LogP contribution in [-0.2, 0) is 4.74 Å². The van der Waals surface area contributed by atoms with Gasteiger partial charge in [-0.2, -0.15) is 0 Å². The average Bonchev–Trinajstić information content (AvgIpc) is 1.86. The van der Waals surface area contributed by atoms with Gasteiger partial charge in [0, 0.05) is 13.2 Å². The normalized spacial score (nSPS) is 10.4. The van der Waals surface area contributed by atoms with Crippen LogP contribution in [0.25, 0.3) is 0 Å².